The molecule has 2 aromatic rings. The van der Waals surface area contributed by atoms with E-state index in [9.17, 15) is 4.79 Å². The molecule has 0 aliphatic carbocycles. The third-order valence-electron chi connectivity index (χ3n) is 5.07. The number of benzene rings is 2. The quantitative estimate of drug-likeness (QED) is 0.816. The Kier molecular flexibility index (Phi) is 6.85. The zero-order chi connectivity index (χ0) is 19.1. The molecule has 0 aromatic heterocycles. The van der Waals surface area contributed by atoms with E-state index in [0.717, 1.165) is 37.6 Å². The molecule has 1 aliphatic heterocycles. The molecule has 3 rings (SSSR count). The molecule has 5 heteroatoms. The van der Waals surface area contributed by atoms with Crippen molar-refractivity contribution in [3.8, 4) is 5.75 Å². The normalized spacial score (nSPS) is 17.1. The van der Waals surface area contributed by atoms with Gasteiger partial charge in [-0.25, -0.2) is 0 Å². The average Bonchev–Trinajstić information content (AvgIpc) is 2.73. The van der Waals surface area contributed by atoms with Crippen LogP contribution in [0.1, 0.15) is 29.8 Å². The van der Waals surface area contributed by atoms with Crippen LogP contribution in [-0.2, 0) is 11.3 Å². The van der Waals surface area contributed by atoms with Crippen molar-refractivity contribution in [2.24, 2.45) is 0 Å². The van der Waals surface area contributed by atoms with Gasteiger partial charge in [-0.05, 0) is 43.7 Å². The van der Waals surface area contributed by atoms with Crippen LogP contribution in [0.2, 0.25) is 0 Å². The van der Waals surface area contributed by atoms with Gasteiger partial charge < -0.3 is 14.8 Å². The first kappa shape index (κ1) is 19.4. The van der Waals surface area contributed by atoms with Crippen LogP contribution in [0.4, 0.5) is 0 Å². The number of carbonyl (C=O) groups is 1. The van der Waals surface area contributed by atoms with Crippen molar-refractivity contribution < 1.29 is 14.3 Å². The molecule has 1 N–H and O–H groups in total. The fourth-order valence-electron chi connectivity index (χ4n) is 3.15. The molecule has 2 atom stereocenters. The van der Waals surface area contributed by atoms with Crippen LogP contribution in [0, 0.1) is 0 Å². The zero-order valence-electron chi connectivity index (χ0n) is 16.1. The van der Waals surface area contributed by atoms with E-state index in [0.29, 0.717) is 12.2 Å². The van der Waals surface area contributed by atoms with Gasteiger partial charge in [0.05, 0.1) is 13.2 Å². The SMILES string of the molecule is CC(NC(=O)c1ccc(COc2ccccc2)cc1)C(C)N1CCOCC1. The molecule has 2 aromatic carbocycles. The minimum absolute atomic E-state index is 0.0434. The predicted molar refractivity (Wildman–Crippen MR) is 106 cm³/mol. The topological polar surface area (TPSA) is 50.8 Å². The van der Waals surface area contributed by atoms with Crippen LogP contribution >= 0.6 is 0 Å². The van der Waals surface area contributed by atoms with Gasteiger partial charge in [0.25, 0.3) is 5.91 Å². The largest absolute Gasteiger partial charge is 0.489 e. The molecule has 0 bridgehead atoms. The van der Waals surface area contributed by atoms with Crippen molar-refractivity contribution >= 4 is 5.91 Å². The first-order valence-electron chi connectivity index (χ1n) is 9.53. The highest BCUT2D eigenvalue weighted by Gasteiger charge is 2.23. The maximum Gasteiger partial charge on any atom is 0.251 e. The highest BCUT2D eigenvalue weighted by atomic mass is 16.5. The highest BCUT2D eigenvalue weighted by Crippen LogP contribution is 2.13. The van der Waals surface area contributed by atoms with Crippen molar-refractivity contribution in [3.05, 3.63) is 65.7 Å². The second-order valence-electron chi connectivity index (χ2n) is 6.95. The van der Waals surface area contributed by atoms with E-state index >= 15 is 0 Å². The molecule has 1 fully saturated rings. The lowest BCUT2D eigenvalue weighted by Crippen LogP contribution is -2.52. The molecular weight excluding hydrogens is 340 g/mol. The lowest BCUT2D eigenvalue weighted by atomic mass is 10.1. The second-order valence-corrected chi connectivity index (χ2v) is 6.95. The van der Waals surface area contributed by atoms with Crippen LogP contribution in [0.25, 0.3) is 0 Å². The molecule has 0 saturated carbocycles. The maximum atomic E-state index is 12.5. The number of morpholine rings is 1. The van der Waals surface area contributed by atoms with Crippen molar-refractivity contribution in [1.82, 2.24) is 10.2 Å². The molecule has 27 heavy (non-hydrogen) atoms. The third-order valence-corrected chi connectivity index (χ3v) is 5.07. The van der Waals surface area contributed by atoms with Crippen LogP contribution < -0.4 is 10.1 Å². The summed E-state index contributed by atoms with van der Waals surface area (Å²) in [5, 5.41) is 3.12. The summed E-state index contributed by atoms with van der Waals surface area (Å²) in [6.45, 7) is 8.04. The van der Waals surface area contributed by atoms with Crippen LogP contribution in [-0.4, -0.2) is 49.2 Å². The lowest BCUT2D eigenvalue weighted by molar-refractivity contribution is 0.0137. The number of hydrogen-bond acceptors (Lipinski definition) is 4. The molecular formula is C22H28N2O3. The van der Waals surface area contributed by atoms with Gasteiger partial charge in [0.2, 0.25) is 0 Å². The standard InChI is InChI=1S/C22H28N2O3/c1-17(18(2)24-12-14-26-15-13-24)23-22(25)20-10-8-19(9-11-20)16-27-21-6-4-3-5-7-21/h3-11,17-18H,12-16H2,1-2H3,(H,23,25). The minimum Gasteiger partial charge on any atom is -0.489 e. The maximum absolute atomic E-state index is 12.5. The molecule has 2 unspecified atom stereocenters. The summed E-state index contributed by atoms with van der Waals surface area (Å²) < 4.78 is 11.1. The van der Waals surface area contributed by atoms with Gasteiger partial charge in [0, 0.05) is 30.7 Å². The molecule has 0 spiro atoms. The number of rotatable bonds is 7. The Balaban J connectivity index is 1.50. The van der Waals surface area contributed by atoms with Crippen LogP contribution in [0.15, 0.2) is 54.6 Å². The first-order valence-corrected chi connectivity index (χ1v) is 9.53. The van der Waals surface area contributed by atoms with Gasteiger partial charge in [0.1, 0.15) is 12.4 Å². The van der Waals surface area contributed by atoms with Gasteiger partial charge in [0.15, 0.2) is 0 Å². The predicted octanol–water partition coefficient (Wildman–Crippen LogP) is 3.10. The first-order chi connectivity index (χ1) is 13.1. The molecule has 5 nitrogen and oxygen atoms in total. The summed E-state index contributed by atoms with van der Waals surface area (Å²) in [5.41, 5.74) is 1.70. The van der Waals surface area contributed by atoms with Gasteiger partial charge in [-0.1, -0.05) is 30.3 Å². The molecule has 1 saturated heterocycles. The van der Waals surface area contributed by atoms with E-state index in [-0.39, 0.29) is 18.0 Å². The van der Waals surface area contributed by atoms with Gasteiger partial charge in [-0.15, -0.1) is 0 Å². The molecule has 0 radical (unpaired) electrons. The Bertz CT molecular complexity index is 712. The number of hydrogen-bond donors (Lipinski definition) is 1. The fourth-order valence-corrected chi connectivity index (χ4v) is 3.15. The Hall–Kier alpha value is -2.37. The van der Waals surface area contributed by atoms with E-state index in [1.54, 1.807) is 0 Å². The number of para-hydroxylation sites is 1. The minimum atomic E-state index is -0.0434. The summed E-state index contributed by atoms with van der Waals surface area (Å²) in [7, 11) is 0. The summed E-state index contributed by atoms with van der Waals surface area (Å²) in [5.74, 6) is 0.795. The summed E-state index contributed by atoms with van der Waals surface area (Å²) in [6, 6.07) is 17.6. The van der Waals surface area contributed by atoms with E-state index in [1.165, 1.54) is 0 Å². The van der Waals surface area contributed by atoms with Crippen molar-refractivity contribution in [1.29, 1.82) is 0 Å². The number of amides is 1. The van der Waals surface area contributed by atoms with E-state index in [4.69, 9.17) is 9.47 Å². The van der Waals surface area contributed by atoms with Gasteiger partial charge in [-0.3, -0.25) is 9.69 Å². The van der Waals surface area contributed by atoms with E-state index in [1.807, 2.05) is 54.6 Å². The second kappa shape index (κ2) is 9.53. The van der Waals surface area contributed by atoms with Crippen molar-refractivity contribution in [2.45, 2.75) is 32.5 Å². The van der Waals surface area contributed by atoms with Gasteiger partial charge >= 0.3 is 0 Å². The smallest absolute Gasteiger partial charge is 0.251 e. The van der Waals surface area contributed by atoms with Crippen LogP contribution in [0.5, 0.6) is 5.75 Å². The molecule has 1 aliphatic rings. The Labute approximate surface area is 161 Å². The fraction of sp³-hybridized carbons (Fsp3) is 0.409. The number of ether oxygens (including phenoxy) is 2. The number of carbonyl (C=O) groups excluding carboxylic acids is 1. The Morgan fingerprint density at radius 2 is 1.74 bits per heavy atom. The summed E-state index contributed by atoms with van der Waals surface area (Å²) >= 11 is 0. The summed E-state index contributed by atoms with van der Waals surface area (Å²) in [4.78, 5) is 14.9. The van der Waals surface area contributed by atoms with Crippen molar-refractivity contribution in [2.75, 3.05) is 26.3 Å². The van der Waals surface area contributed by atoms with Crippen LogP contribution in [0.3, 0.4) is 0 Å². The van der Waals surface area contributed by atoms with Gasteiger partial charge in [-0.2, -0.15) is 0 Å². The van der Waals surface area contributed by atoms with E-state index in [2.05, 4.69) is 24.1 Å². The molecule has 1 heterocycles. The monoisotopic (exact) mass is 368 g/mol. The third kappa shape index (κ3) is 5.55. The Morgan fingerprint density at radius 1 is 1.07 bits per heavy atom. The average molecular weight is 368 g/mol. The number of nitrogens with zero attached hydrogens (tertiary/aromatic N) is 1. The number of nitrogens with one attached hydrogen (secondary N) is 1. The van der Waals surface area contributed by atoms with E-state index < -0.39 is 0 Å². The lowest BCUT2D eigenvalue weighted by Gasteiger charge is -2.35. The Morgan fingerprint density at radius 3 is 2.41 bits per heavy atom. The van der Waals surface area contributed by atoms with Crippen molar-refractivity contribution in [3.63, 3.8) is 0 Å². The highest BCUT2D eigenvalue weighted by molar-refractivity contribution is 5.94. The molecule has 1 amide bonds. The molecule has 144 valence electrons. The summed E-state index contributed by atoms with van der Waals surface area (Å²) in [6.07, 6.45) is 0. The zero-order valence-corrected chi connectivity index (χ0v) is 16.1.